The number of carbonyl (C=O) groups excluding carboxylic acids is 2. The second kappa shape index (κ2) is 6.54. The predicted octanol–water partition coefficient (Wildman–Crippen LogP) is 2.90. The number of hydrogen-bond acceptors (Lipinski definition) is 5. The van der Waals surface area contributed by atoms with Crippen molar-refractivity contribution in [2.24, 2.45) is 0 Å². The van der Waals surface area contributed by atoms with E-state index in [0.29, 0.717) is 11.4 Å². The summed E-state index contributed by atoms with van der Waals surface area (Å²) in [6, 6.07) is 8.83. The molecule has 0 bridgehead atoms. The molecule has 2 heterocycles. The first-order valence-electron chi connectivity index (χ1n) is 7.11. The lowest BCUT2D eigenvalue weighted by molar-refractivity contribution is -0.122. The summed E-state index contributed by atoms with van der Waals surface area (Å²) in [5.74, 6) is -0.257. The Kier molecular flexibility index (Phi) is 4.46. The Hall–Kier alpha value is -2.51. The van der Waals surface area contributed by atoms with Crippen LogP contribution in [0.15, 0.2) is 41.3 Å². The average Bonchev–Trinajstić information content (AvgIpc) is 2.97. The highest BCUT2D eigenvalue weighted by Crippen LogP contribution is 2.26. The molecule has 122 valence electrons. The van der Waals surface area contributed by atoms with Gasteiger partial charge in [-0.05, 0) is 66.5 Å². The number of hydrogen-bond donors (Lipinski definition) is 1. The molecule has 0 aliphatic carbocycles. The van der Waals surface area contributed by atoms with Gasteiger partial charge in [0.15, 0.2) is 5.11 Å². The first-order chi connectivity index (χ1) is 11.5. The summed E-state index contributed by atoms with van der Waals surface area (Å²) in [4.78, 5) is 27.2. The molecule has 0 saturated carbocycles. The van der Waals surface area contributed by atoms with E-state index < -0.39 is 11.8 Å². The van der Waals surface area contributed by atoms with Gasteiger partial charge in [0.25, 0.3) is 11.8 Å². The molecule has 2 amide bonds. The number of thiocarbonyl (C=S) groups is 1. The van der Waals surface area contributed by atoms with E-state index in [0.717, 1.165) is 10.4 Å². The molecule has 1 aromatic carbocycles. The second-order valence-electron chi connectivity index (χ2n) is 5.12. The quantitative estimate of drug-likeness (QED) is 0.521. The number of thiophene rings is 1. The fourth-order valence-corrected chi connectivity index (χ4v) is 3.43. The Balaban J connectivity index is 1.99. The largest absolute Gasteiger partial charge is 0.497 e. The van der Waals surface area contributed by atoms with Crippen molar-refractivity contribution < 1.29 is 14.3 Å². The molecule has 1 aliphatic rings. The minimum absolute atomic E-state index is 0.0602. The Morgan fingerprint density at radius 2 is 1.92 bits per heavy atom. The van der Waals surface area contributed by atoms with Crippen LogP contribution in [0.25, 0.3) is 6.08 Å². The van der Waals surface area contributed by atoms with Crippen LogP contribution in [0.1, 0.15) is 10.4 Å². The third-order valence-electron chi connectivity index (χ3n) is 3.61. The van der Waals surface area contributed by atoms with Crippen LogP contribution in [0.4, 0.5) is 5.69 Å². The van der Waals surface area contributed by atoms with E-state index >= 15 is 0 Å². The summed E-state index contributed by atoms with van der Waals surface area (Å²) >= 11 is 6.64. The lowest BCUT2D eigenvalue weighted by Crippen LogP contribution is -2.54. The molecule has 1 aromatic heterocycles. The number of rotatable bonds is 3. The van der Waals surface area contributed by atoms with Crippen molar-refractivity contribution in [3.05, 3.63) is 51.7 Å². The maximum Gasteiger partial charge on any atom is 0.270 e. The summed E-state index contributed by atoms with van der Waals surface area (Å²) in [5, 5.41) is 4.55. The third kappa shape index (κ3) is 2.95. The molecule has 1 N–H and O–H groups in total. The number of aryl methyl sites for hydroxylation is 1. The van der Waals surface area contributed by atoms with E-state index in [4.69, 9.17) is 17.0 Å². The smallest absolute Gasteiger partial charge is 0.270 e. The number of methoxy groups -OCH3 is 1. The first-order valence-corrected chi connectivity index (χ1v) is 8.39. The van der Waals surface area contributed by atoms with Gasteiger partial charge >= 0.3 is 0 Å². The molecule has 0 spiro atoms. The molecule has 0 unspecified atom stereocenters. The van der Waals surface area contributed by atoms with Crippen LogP contribution in [-0.2, 0) is 9.59 Å². The molecule has 0 radical (unpaired) electrons. The van der Waals surface area contributed by atoms with Crippen molar-refractivity contribution in [3.63, 3.8) is 0 Å². The lowest BCUT2D eigenvalue weighted by Gasteiger charge is -2.28. The summed E-state index contributed by atoms with van der Waals surface area (Å²) < 4.78 is 5.12. The van der Waals surface area contributed by atoms with Gasteiger partial charge in [-0.2, -0.15) is 0 Å². The van der Waals surface area contributed by atoms with Crippen LogP contribution in [0.3, 0.4) is 0 Å². The standard InChI is InChI=1S/C17H14N2O3S2/c1-10-7-8-24-14(10)9-13-15(20)18-17(23)19(16(13)21)11-3-5-12(22-2)6-4-11/h3-9H,1-2H3,(H,18,20,23)/b13-9-. The van der Waals surface area contributed by atoms with Gasteiger partial charge in [0, 0.05) is 4.88 Å². The van der Waals surface area contributed by atoms with Crippen molar-refractivity contribution in [1.82, 2.24) is 5.32 Å². The van der Waals surface area contributed by atoms with E-state index in [9.17, 15) is 9.59 Å². The topological polar surface area (TPSA) is 58.6 Å². The molecule has 24 heavy (non-hydrogen) atoms. The fourth-order valence-electron chi connectivity index (χ4n) is 2.29. The van der Waals surface area contributed by atoms with Gasteiger partial charge in [0.05, 0.1) is 12.8 Å². The average molecular weight is 358 g/mol. The van der Waals surface area contributed by atoms with E-state index in [2.05, 4.69) is 5.32 Å². The first kappa shape index (κ1) is 16.4. The minimum Gasteiger partial charge on any atom is -0.497 e. The zero-order valence-electron chi connectivity index (χ0n) is 13.0. The Labute approximate surface area is 148 Å². The Bertz CT molecular complexity index is 853. The maximum absolute atomic E-state index is 12.8. The minimum atomic E-state index is -0.484. The highest BCUT2D eigenvalue weighted by atomic mass is 32.1. The van der Waals surface area contributed by atoms with Crippen LogP contribution in [0.5, 0.6) is 5.75 Å². The van der Waals surface area contributed by atoms with Gasteiger partial charge in [-0.1, -0.05) is 0 Å². The highest BCUT2D eigenvalue weighted by molar-refractivity contribution is 7.80. The number of ether oxygens (including phenoxy) is 1. The second-order valence-corrected chi connectivity index (χ2v) is 6.46. The molecule has 0 atom stereocenters. The molecule has 2 aromatic rings. The number of carbonyl (C=O) groups is 2. The van der Waals surface area contributed by atoms with Crippen molar-refractivity contribution in [3.8, 4) is 5.75 Å². The molecule has 5 nitrogen and oxygen atoms in total. The van der Waals surface area contributed by atoms with E-state index in [1.807, 2.05) is 18.4 Å². The molecule has 1 fully saturated rings. The molecule has 3 rings (SSSR count). The summed E-state index contributed by atoms with van der Waals surface area (Å²) in [6.07, 6.45) is 1.61. The van der Waals surface area contributed by atoms with Crippen molar-refractivity contribution in [1.29, 1.82) is 0 Å². The van der Waals surface area contributed by atoms with Crippen molar-refractivity contribution in [2.75, 3.05) is 12.0 Å². The normalized spacial score (nSPS) is 16.5. The molecule has 1 aliphatic heterocycles. The van der Waals surface area contributed by atoms with Crippen LogP contribution in [0.2, 0.25) is 0 Å². The predicted molar refractivity (Wildman–Crippen MR) is 98.3 cm³/mol. The number of nitrogens with zero attached hydrogens (tertiary/aromatic N) is 1. The zero-order valence-corrected chi connectivity index (χ0v) is 14.7. The number of benzene rings is 1. The van der Waals surface area contributed by atoms with Crippen molar-refractivity contribution in [2.45, 2.75) is 6.92 Å². The molecule has 7 heteroatoms. The van der Waals surface area contributed by atoms with Gasteiger partial charge in [0.2, 0.25) is 0 Å². The Morgan fingerprint density at radius 3 is 2.50 bits per heavy atom. The Morgan fingerprint density at radius 1 is 1.21 bits per heavy atom. The zero-order chi connectivity index (χ0) is 17.3. The van der Waals surface area contributed by atoms with Crippen LogP contribution in [0, 0.1) is 6.92 Å². The monoisotopic (exact) mass is 358 g/mol. The van der Waals surface area contributed by atoms with Gasteiger partial charge in [-0.25, -0.2) is 0 Å². The lowest BCUT2D eigenvalue weighted by atomic mass is 10.1. The van der Waals surface area contributed by atoms with Gasteiger partial charge in [-0.15, -0.1) is 11.3 Å². The van der Waals surface area contributed by atoms with Gasteiger partial charge < -0.3 is 4.74 Å². The van der Waals surface area contributed by atoms with Gasteiger partial charge in [0.1, 0.15) is 11.3 Å². The summed E-state index contributed by atoms with van der Waals surface area (Å²) in [6.45, 7) is 1.93. The third-order valence-corrected chi connectivity index (χ3v) is 4.86. The van der Waals surface area contributed by atoms with Gasteiger partial charge in [-0.3, -0.25) is 19.8 Å². The number of nitrogens with one attached hydrogen (secondary N) is 1. The molecular formula is C17H14N2O3S2. The summed E-state index contributed by atoms with van der Waals surface area (Å²) in [7, 11) is 1.57. The highest BCUT2D eigenvalue weighted by Gasteiger charge is 2.34. The number of amides is 2. The van der Waals surface area contributed by atoms with E-state index in [1.165, 1.54) is 16.2 Å². The van der Waals surface area contributed by atoms with E-state index in [-0.39, 0.29) is 10.7 Å². The van der Waals surface area contributed by atoms with E-state index in [1.54, 1.807) is 37.5 Å². The SMILES string of the molecule is COc1ccc(N2C(=O)/C(=C\c3sccc3C)C(=O)NC2=S)cc1. The van der Waals surface area contributed by atoms with Crippen LogP contribution in [-0.4, -0.2) is 24.0 Å². The number of anilines is 1. The van der Waals surface area contributed by atoms with Crippen molar-refractivity contribution >= 4 is 52.2 Å². The van der Waals surface area contributed by atoms with Crippen LogP contribution >= 0.6 is 23.6 Å². The maximum atomic E-state index is 12.8. The fraction of sp³-hybridized carbons (Fsp3) is 0.118. The van der Waals surface area contributed by atoms with Crippen LogP contribution < -0.4 is 15.0 Å². The summed E-state index contributed by atoms with van der Waals surface area (Å²) in [5.41, 5.74) is 1.64. The molecule has 1 saturated heterocycles. The molecular weight excluding hydrogens is 344 g/mol.